The molecule has 1 amide bonds. The van der Waals surface area contributed by atoms with E-state index in [1.54, 1.807) is 6.07 Å². The fourth-order valence-corrected chi connectivity index (χ4v) is 4.04. The van der Waals surface area contributed by atoms with Crippen LogP contribution in [0.15, 0.2) is 66.9 Å². The van der Waals surface area contributed by atoms with Gasteiger partial charge in [0, 0.05) is 36.7 Å². The van der Waals surface area contributed by atoms with Crippen molar-refractivity contribution >= 4 is 22.6 Å². The van der Waals surface area contributed by atoms with Crippen LogP contribution in [0.3, 0.4) is 0 Å². The maximum absolute atomic E-state index is 12.8. The van der Waals surface area contributed by atoms with Crippen molar-refractivity contribution in [2.45, 2.75) is 19.4 Å². The molecule has 0 unspecified atom stereocenters. The molecule has 1 aliphatic rings. The van der Waals surface area contributed by atoms with Crippen molar-refractivity contribution in [3.05, 3.63) is 89.2 Å². The van der Waals surface area contributed by atoms with Crippen LogP contribution in [0.5, 0.6) is 0 Å². The van der Waals surface area contributed by atoms with Gasteiger partial charge in [-0.15, -0.1) is 10.2 Å². The van der Waals surface area contributed by atoms with Crippen LogP contribution in [0.25, 0.3) is 10.9 Å². The van der Waals surface area contributed by atoms with E-state index in [1.165, 1.54) is 22.1 Å². The number of carbonyl (C=O) groups is 1. The van der Waals surface area contributed by atoms with E-state index in [1.807, 2.05) is 29.2 Å². The van der Waals surface area contributed by atoms with Crippen LogP contribution in [0.1, 0.15) is 27.2 Å². The third-order valence-corrected chi connectivity index (χ3v) is 5.68. The van der Waals surface area contributed by atoms with E-state index < -0.39 is 0 Å². The second-order valence-electron chi connectivity index (χ2n) is 7.59. The third-order valence-electron chi connectivity index (χ3n) is 5.68. The SMILES string of the molecule is O=C(c1ccc(NCCc2c[nH]c3ccccc23)nn1)N1CCc2ccccc2C1. The number of para-hydroxylation sites is 1. The summed E-state index contributed by atoms with van der Waals surface area (Å²) in [6.07, 6.45) is 3.80. The van der Waals surface area contributed by atoms with Crippen molar-refractivity contribution < 1.29 is 4.79 Å². The minimum Gasteiger partial charge on any atom is -0.368 e. The lowest BCUT2D eigenvalue weighted by molar-refractivity contribution is 0.0727. The average Bonchev–Trinajstić information content (AvgIpc) is 3.22. The number of fused-ring (bicyclic) bond motifs is 2. The summed E-state index contributed by atoms with van der Waals surface area (Å²) in [5, 5.41) is 12.9. The number of aromatic nitrogens is 3. The highest BCUT2D eigenvalue weighted by atomic mass is 16.2. The Morgan fingerprint density at radius 2 is 1.83 bits per heavy atom. The Morgan fingerprint density at radius 3 is 2.70 bits per heavy atom. The predicted molar refractivity (Wildman–Crippen MR) is 117 cm³/mol. The number of nitrogens with zero attached hydrogens (tertiary/aromatic N) is 3. The first-order valence-corrected chi connectivity index (χ1v) is 10.3. The highest BCUT2D eigenvalue weighted by molar-refractivity contribution is 5.92. The maximum Gasteiger partial charge on any atom is 0.274 e. The van der Waals surface area contributed by atoms with Crippen LogP contribution in [-0.2, 0) is 19.4 Å². The highest BCUT2D eigenvalue weighted by Crippen LogP contribution is 2.20. The van der Waals surface area contributed by atoms with Crippen LogP contribution in [0.4, 0.5) is 5.82 Å². The first kappa shape index (κ1) is 18.4. The Morgan fingerprint density at radius 1 is 1.00 bits per heavy atom. The van der Waals surface area contributed by atoms with Crippen molar-refractivity contribution in [2.75, 3.05) is 18.4 Å². The summed E-state index contributed by atoms with van der Waals surface area (Å²) in [5.74, 6) is 0.609. The number of hydrogen-bond acceptors (Lipinski definition) is 4. The summed E-state index contributed by atoms with van der Waals surface area (Å²) in [6.45, 7) is 2.08. The summed E-state index contributed by atoms with van der Waals surface area (Å²) in [4.78, 5) is 18.0. The van der Waals surface area contributed by atoms with Gasteiger partial charge in [-0.3, -0.25) is 4.79 Å². The van der Waals surface area contributed by atoms with Gasteiger partial charge in [0.2, 0.25) is 0 Å². The number of hydrogen-bond donors (Lipinski definition) is 2. The topological polar surface area (TPSA) is 73.9 Å². The molecule has 1 aliphatic heterocycles. The number of anilines is 1. The lowest BCUT2D eigenvalue weighted by Gasteiger charge is -2.28. The average molecular weight is 397 g/mol. The van der Waals surface area contributed by atoms with Crippen LogP contribution >= 0.6 is 0 Å². The molecule has 0 spiro atoms. The highest BCUT2D eigenvalue weighted by Gasteiger charge is 2.22. The van der Waals surface area contributed by atoms with Crippen molar-refractivity contribution in [3.63, 3.8) is 0 Å². The van der Waals surface area contributed by atoms with Crippen LogP contribution in [-0.4, -0.2) is 39.1 Å². The van der Waals surface area contributed by atoms with Crippen molar-refractivity contribution in [1.82, 2.24) is 20.1 Å². The van der Waals surface area contributed by atoms with Gasteiger partial charge in [-0.25, -0.2) is 0 Å². The van der Waals surface area contributed by atoms with E-state index in [-0.39, 0.29) is 5.91 Å². The maximum atomic E-state index is 12.8. The normalized spacial score (nSPS) is 13.3. The van der Waals surface area contributed by atoms with Gasteiger partial charge >= 0.3 is 0 Å². The minimum atomic E-state index is -0.0673. The molecule has 6 heteroatoms. The smallest absolute Gasteiger partial charge is 0.274 e. The molecule has 2 aromatic carbocycles. The second-order valence-corrected chi connectivity index (χ2v) is 7.59. The second kappa shape index (κ2) is 7.99. The molecule has 0 saturated heterocycles. The van der Waals surface area contributed by atoms with E-state index in [2.05, 4.69) is 57.0 Å². The van der Waals surface area contributed by atoms with Gasteiger partial charge in [0.1, 0.15) is 5.82 Å². The van der Waals surface area contributed by atoms with Crippen molar-refractivity contribution in [1.29, 1.82) is 0 Å². The fourth-order valence-electron chi connectivity index (χ4n) is 4.04. The van der Waals surface area contributed by atoms with Crippen molar-refractivity contribution in [3.8, 4) is 0 Å². The number of carbonyl (C=O) groups excluding carboxylic acids is 1. The molecule has 30 heavy (non-hydrogen) atoms. The zero-order valence-electron chi connectivity index (χ0n) is 16.6. The summed E-state index contributed by atoms with van der Waals surface area (Å²) in [6, 6.07) is 20.1. The summed E-state index contributed by atoms with van der Waals surface area (Å²) in [5.41, 5.74) is 5.33. The van der Waals surface area contributed by atoms with Crippen molar-refractivity contribution in [2.24, 2.45) is 0 Å². The van der Waals surface area contributed by atoms with Crippen LogP contribution in [0.2, 0.25) is 0 Å². The van der Waals surface area contributed by atoms with Crippen LogP contribution in [0, 0.1) is 0 Å². The molecule has 0 aliphatic carbocycles. The van der Waals surface area contributed by atoms with Gasteiger partial charge in [-0.05, 0) is 47.7 Å². The molecule has 2 N–H and O–H groups in total. The standard InChI is InChI=1S/C24H23N5O/c30-24(29-14-12-17-5-1-2-6-19(17)16-29)22-9-10-23(28-27-22)25-13-11-18-15-26-21-8-4-3-7-20(18)21/h1-10,15,26H,11-14,16H2,(H,25,28). The largest absolute Gasteiger partial charge is 0.368 e. The molecule has 4 aromatic rings. The summed E-state index contributed by atoms with van der Waals surface area (Å²) in [7, 11) is 0. The predicted octanol–water partition coefficient (Wildman–Crippen LogP) is 3.81. The Kier molecular flexibility index (Phi) is 4.89. The van der Waals surface area contributed by atoms with Gasteiger partial charge in [0.15, 0.2) is 5.69 Å². The van der Waals surface area contributed by atoms with E-state index in [4.69, 9.17) is 0 Å². The molecule has 0 saturated carbocycles. The van der Waals surface area contributed by atoms with E-state index in [9.17, 15) is 4.79 Å². The Hall–Kier alpha value is -3.67. The monoisotopic (exact) mass is 397 g/mol. The van der Waals surface area contributed by atoms with E-state index in [0.29, 0.717) is 24.6 Å². The molecule has 0 bridgehead atoms. The zero-order valence-corrected chi connectivity index (χ0v) is 16.6. The molecule has 3 heterocycles. The first-order valence-electron chi connectivity index (χ1n) is 10.3. The fraction of sp³-hybridized carbons (Fsp3) is 0.208. The summed E-state index contributed by atoms with van der Waals surface area (Å²) >= 11 is 0. The molecular formula is C24H23N5O. The molecule has 2 aromatic heterocycles. The number of rotatable bonds is 5. The summed E-state index contributed by atoms with van der Waals surface area (Å²) < 4.78 is 0. The molecule has 150 valence electrons. The van der Waals surface area contributed by atoms with E-state index >= 15 is 0 Å². The molecule has 5 rings (SSSR count). The number of nitrogens with one attached hydrogen (secondary N) is 2. The lowest BCUT2D eigenvalue weighted by Crippen LogP contribution is -2.36. The number of amides is 1. The third kappa shape index (κ3) is 3.64. The zero-order chi connectivity index (χ0) is 20.3. The molecule has 6 nitrogen and oxygen atoms in total. The lowest BCUT2D eigenvalue weighted by atomic mass is 10.00. The number of benzene rings is 2. The minimum absolute atomic E-state index is 0.0673. The van der Waals surface area contributed by atoms with Gasteiger partial charge in [-0.2, -0.15) is 0 Å². The molecular weight excluding hydrogens is 374 g/mol. The van der Waals surface area contributed by atoms with Gasteiger partial charge in [0.25, 0.3) is 5.91 Å². The Bertz CT molecular complexity index is 1180. The van der Waals surface area contributed by atoms with Gasteiger partial charge < -0.3 is 15.2 Å². The first-order chi connectivity index (χ1) is 14.8. The Balaban J connectivity index is 1.19. The van der Waals surface area contributed by atoms with Gasteiger partial charge in [-0.1, -0.05) is 42.5 Å². The van der Waals surface area contributed by atoms with E-state index in [0.717, 1.165) is 24.9 Å². The Labute approximate surface area is 174 Å². The van der Waals surface area contributed by atoms with Gasteiger partial charge in [0.05, 0.1) is 0 Å². The molecule has 0 atom stereocenters. The molecule has 0 fully saturated rings. The van der Waals surface area contributed by atoms with Crippen LogP contribution < -0.4 is 5.32 Å². The quantitative estimate of drug-likeness (QED) is 0.537. The number of H-pyrrole nitrogens is 1. The number of aromatic amines is 1. The molecule has 0 radical (unpaired) electrons.